The summed E-state index contributed by atoms with van der Waals surface area (Å²) in [4.78, 5) is 0. The van der Waals surface area contributed by atoms with Gasteiger partial charge in [0.2, 0.25) is 0 Å². The van der Waals surface area contributed by atoms with Crippen LogP contribution < -0.4 is 11.3 Å². The van der Waals surface area contributed by atoms with Crippen LogP contribution in [0.5, 0.6) is 0 Å². The highest BCUT2D eigenvalue weighted by molar-refractivity contribution is 5.20. The molecule has 1 aromatic carbocycles. The number of halogens is 2. The van der Waals surface area contributed by atoms with Gasteiger partial charge in [-0.15, -0.1) is 0 Å². The zero-order chi connectivity index (χ0) is 13.1. The fourth-order valence-corrected chi connectivity index (χ4v) is 1.57. The predicted octanol–water partition coefficient (Wildman–Crippen LogP) is 1.76. The Hall–Kier alpha value is -1.04. The van der Waals surface area contributed by atoms with Crippen LogP contribution in [0.1, 0.15) is 19.4 Å². The van der Waals surface area contributed by atoms with E-state index in [1.54, 1.807) is 7.11 Å². The Labute approximate surface area is 99.9 Å². The lowest BCUT2D eigenvalue weighted by atomic mass is 9.92. The van der Waals surface area contributed by atoms with Crippen LogP contribution in [-0.2, 0) is 11.2 Å². The molecule has 0 radical (unpaired) electrons. The maximum Gasteiger partial charge on any atom is 0.162 e. The molecule has 5 heteroatoms. The molecule has 1 unspecified atom stereocenters. The lowest BCUT2D eigenvalue weighted by Crippen LogP contribution is -2.52. The van der Waals surface area contributed by atoms with Crippen molar-refractivity contribution in [3.63, 3.8) is 0 Å². The van der Waals surface area contributed by atoms with Crippen LogP contribution in [-0.4, -0.2) is 18.8 Å². The molecule has 0 aromatic heterocycles. The number of rotatable bonds is 5. The van der Waals surface area contributed by atoms with Gasteiger partial charge in [-0.3, -0.25) is 11.3 Å². The SMILES string of the molecule is COC(C)(C)C(Cc1cccc(F)c1F)NN. The molecule has 3 nitrogen and oxygen atoms in total. The quantitative estimate of drug-likeness (QED) is 0.613. The van der Waals surface area contributed by atoms with Gasteiger partial charge in [-0.1, -0.05) is 12.1 Å². The Morgan fingerprint density at radius 2 is 2.06 bits per heavy atom. The first-order valence-corrected chi connectivity index (χ1v) is 5.36. The van der Waals surface area contributed by atoms with Crippen LogP contribution in [0.2, 0.25) is 0 Å². The Bertz CT molecular complexity index is 383. The highest BCUT2D eigenvalue weighted by atomic mass is 19.2. The number of methoxy groups -OCH3 is 1. The second kappa shape index (κ2) is 5.53. The standard InChI is InChI=1S/C12H18F2N2O/c1-12(2,17-3)10(16-15)7-8-5-4-6-9(13)11(8)14/h4-6,10,16H,7,15H2,1-3H3. The van der Waals surface area contributed by atoms with Gasteiger partial charge in [0.25, 0.3) is 0 Å². The zero-order valence-corrected chi connectivity index (χ0v) is 10.3. The van der Waals surface area contributed by atoms with Gasteiger partial charge in [0.05, 0.1) is 11.6 Å². The van der Waals surface area contributed by atoms with Crippen LogP contribution >= 0.6 is 0 Å². The van der Waals surface area contributed by atoms with E-state index in [0.717, 1.165) is 6.07 Å². The molecule has 0 spiro atoms. The minimum atomic E-state index is -0.853. The molecular formula is C12H18F2N2O. The first kappa shape index (κ1) is 14.0. The smallest absolute Gasteiger partial charge is 0.162 e. The summed E-state index contributed by atoms with van der Waals surface area (Å²) < 4.78 is 31.8. The average Bonchev–Trinajstić information content (AvgIpc) is 2.30. The maximum atomic E-state index is 13.5. The zero-order valence-electron chi connectivity index (χ0n) is 10.3. The maximum absolute atomic E-state index is 13.5. The summed E-state index contributed by atoms with van der Waals surface area (Å²) in [5.74, 6) is 3.74. The molecule has 0 saturated heterocycles. The van der Waals surface area contributed by atoms with Crippen molar-refractivity contribution in [3.05, 3.63) is 35.4 Å². The van der Waals surface area contributed by atoms with E-state index < -0.39 is 17.2 Å². The summed E-state index contributed by atoms with van der Waals surface area (Å²) in [6, 6.07) is 3.78. The summed E-state index contributed by atoms with van der Waals surface area (Å²) in [5, 5.41) is 0. The molecule has 1 rings (SSSR count). The topological polar surface area (TPSA) is 47.3 Å². The summed E-state index contributed by atoms with van der Waals surface area (Å²) >= 11 is 0. The van der Waals surface area contributed by atoms with Gasteiger partial charge in [-0.25, -0.2) is 8.78 Å². The van der Waals surface area contributed by atoms with Crippen molar-refractivity contribution in [1.29, 1.82) is 0 Å². The first-order valence-electron chi connectivity index (χ1n) is 5.36. The van der Waals surface area contributed by atoms with E-state index >= 15 is 0 Å². The van der Waals surface area contributed by atoms with Crippen molar-refractivity contribution < 1.29 is 13.5 Å². The van der Waals surface area contributed by atoms with Gasteiger partial charge in [0.1, 0.15) is 0 Å². The molecule has 1 aromatic rings. The van der Waals surface area contributed by atoms with E-state index in [-0.39, 0.29) is 18.0 Å². The number of nitrogens with two attached hydrogens (primary N) is 1. The Balaban J connectivity index is 2.92. The average molecular weight is 244 g/mol. The minimum absolute atomic E-state index is 0.251. The molecule has 0 aliphatic heterocycles. The van der Waals surface area contributed by atoms with Crippen molar-refractivity contribution in [2.45, 2.75) is 31.9 Å². The highest BCUT2D eigenvalue weighted by Crippen LogP contribution is 2.20. The van der Waals surface area contributed by atoms with Crippen molar-refractivity contribution in [2.24, 2.45) is 5.84 Å². The van der Waals surface area contributed by atoms with Crippen molar-refractivity contribution in [3.8, 4) is 0 Å². The van der Waals surface area contributed by atoms with Crippen molar-refractivity contribution in [2.75, 3.05) is 7.11 Å². The van der Waals surface area contributed by atoms with Gasteiger partial charge >= 0.3 is 0 Å². The number of hydrazine groups is 1. The summed E-state index contributed by atoms with van der Waals surface area (Å²) in [6.45, 7) is 3.66. The molecule has 0 heterocycles. The lowest BCUT2D eigenvalue weighted by molar-refractivity contribution is -0.0103. The number of ether oxygens (including phenoxy) is 1. The molecule has 0 amide bonds. The Morgan fingerprint density at radius 1 is 1.41 bits per heavy atom. The van der Waals surface area contributed by atoms with Crippen molar-refractivity contribution >= 4 is 0 Å². The van der Waals surface area contributed by atoms with E-state index in [9.17, 15) is 8.78 Å². The van der Waals surface area contributed by atoms with Crippen LogP contribution in [0.3, 0.4) is 0 Å². The molecule has 0 saturated carbocycles. The van der Waals surface area contributed by atoms with E-state index in [1.807, 2.05) is 13.8 Å². The number of hydrogen-bond acceptors (Lipinski definition) is 3. The van der Waals surface area contributed by atoms with Crippen LogP contribution in [0.15, 0.2) is 18.2 Å². The largest absolute Gasteiger partial charge is 0.377 e. The molecule has 1 atom stereocenters. The fourth-order valence-electron chi connectivity index (χ4n) is 1.57. The lowest BCUT2D eigenvalue weighted by Gasteiger charge is -2.32. The molecule has 17 heavy (non-hydrogen) atoms. The predicted molar refractivity (Wildman–Crippen MR) is 62.3 cm³/mol. The molecular weight excluding hydrogens is 226 g/mol. The molecule has 0 aliphatic rings. The summed E-state index contributed by atoms with van der Waals surface area (Å²) in [7, 11) is 1.55. The van der Waals surface area contributed by atoms with Gasteiger partial charge in [-0.05, 0) is 31.9 Å². The van der Waals surface area contributed by atoms with Crippen LogP contribution in [0, 0.1) is 11.6 Å². The number of hydrogen-bond donors (Lipinski definition) is 2. The van der Waals surface area contributed by atoms with Crippen LogP contribution in [0.4, 0.5) is 8.78 Å². The Kier molecular flexibility index (Phi) is 4.56. The number of benzene rings is 1. The fraction of sp³-hybridized carbons (Fsp3) is 0.500. The summed E-state index contributed by atoms with van der Waals surface area (Å²) in [5.41, 5.74) is 2.27. The van der Waals surface area contributed by atoms with E-state index in [2.05, 4.69) is 5.43 Å². The monoisotopic (exact) mass is 244 g/mol. The second-order valence-electron chi connectivity index (χ2n) is 4.44. The van der Waals surface area contributed by atoms with E-state index in [0.29, 0.717) is 0 Å². The highest BCUT2D eigenvalue weighted by Gasteiger charge is 2.29. The van der Waals surface area contributed by atoms with Gasteiger partial charge < -0.3 is 4.74 Å². The normalized spacial score (nSPS) is 13.8. The third-order valence-electron chi connectivity index (χ3n) is 3.02. The molecule has 0 fully saturated rings. The van der Waals surface area contributed by atoms with E-state index in [1.165, 1.54) is 12.1 Å². The van der Waals surface area contributed by atoms with Gasteiger partial charge in [-0.2, -0.15) is 0 Å². The number of nitrogens with one attached hydrogen (secondary N) is 1. The third-order valence-corrected chi connectivity index (χ3v) is 3.02. The summed E-state index contributed by atoms with van der Waals surface area (Å²) in [6.07, 6.45) is 0.251. The Morgan fingerprint density at radius 3 is 2.59 bits per heavy atom. The first-order chi connectivity index (χ1) is 7.92. The van der Waals surface area contributed by atoms with Crippen molar-refractivity contribution in [1.82, 2.24) is 5.43 Å². The van der Waals surface area contributed by atoms with Gasteiger partial charge in [0.15, 0.2) is 11.6 Å². The molecule has 3 N–H and O–H groups in total. The minimum Gasteiger partial charge on any atom is -0.377 e. The third kappa shape index (κ3) is 3.21. The second-order valence-corrected chi connectivity index (χ2v) is 4.44. The molecule has 0 bridgehead atoms. The molecule has 96 valence electrons. The van der Waals surface area contributed by atoms with Crippen LogP contribution in [0.25, 0.3) is 0 Å². The van der Waals surface area contributed by atoms with E-state index in [4.69, 9.17) is 10.6 Å². The van der Waals surface area contributed by atoms with Gasteiger partial charge in [0, 0.05) is 7.11 Å². The molecule has 0 aliphatic carbocycles.